The Hall–Kier alpha value is -2.14. The predicted molar refractivity (Wildman–Crippen MR) is 86.4 cm³/mol. The molecule has 0 aliphatic carbocycles. The van der Waals surface area contributed by atoms with Crippen molar-refractivity contribution in [1.82, 2.24) is 19.4 Å². The number of nitrogens with zero attached hydrogens (tertiary/aromatic N) is 4. The summed E-state index contributed by atoms with van der Waals surface area (Å²) >= 11 is 0. The predicted octanol–water partition coefficient (Wildman–Crippen LogP) is 1.71. The van der Waals surface area contributed by atoms with Crippen molar-refractivity contribution in [3.8, 4) is 11.4 Å². The lowest BCUT2D eigenvalue weighted by Crippen LogP contribution is -2.47. The van der Waals surface area contributed by atoms with Crippen LogP contribution in [0.1, 0.15) is 6.42 Å². The molecule has 0 radical (unpaired) electrons. The quantitative estimate of drug-likeness (QED) is 0.863. The molecule has 22 heavy (non-hydrogen) atoms. The molecule has 1 saturated heterocycles. The van der Waals surface area contributed by atoms with Crippen LogP contribution in [0.25, 0.3) is 11.4 Å². The van der Waals surface area contributed by atoms with Crippen LogP contribution >= 0.6 is 0 Å². The molecule has 0 bridgehead atoms. The number of benzene rings is 1. The van der Waals surface area contributed by atoms with Crippen LogP contribution in [0, 0.1) is 0 Å². The lowest BCUT2D eigenvalue weighted by atomic mass is 10.2. The molecule has 0 N–H and O–H groups in total. The standard InChI is InChI=1S/C17H22N4O/c1-19-11-13-20(14-12-19)16(22)7-9-21-10-8-18-17(21)15-5-3-2-4-6-15/h2-6,8,10H,7,9,11-14H2,1H3. The minimum Gasteiger partial charge on any atom is -0.340 e. The molecular formula is C17H22N4O. The molecule has 0 unspecified atom stereocenters. The molecule has 3 rings (SSSR count). The third-order valence-corrected chi connectivity index (χ3v) is 4.17. The number of rotatable bonds is 4. The van der Waals surface area contributed by atoms with E-state index in [1.165, 1.54) is 0 Å². The van der Waals surface area contributed by atoms with E-state index in [0.29, 0.717) is 13.0 Å². The average Bonchev–Trinajstić information content (AvgIpc) is 3.02. The highest BCUT2D eigenvalue weighted by Crippen LogP contribution is 2.17. The SMILES string of the molecule is CN1CCN(C(=O)CCn2ccnc2-c2ccccc2)CC1. The molecule has 2 aromatic rings. The number of aromatic nitrogens is 2. The van der Waals surface area contributed by atoms with Crippen LogP contribution in [0.2, 0.25) is 0 Å². The summed E-state index contributed by atoms with van der Waals surface area (Å²) in [6.45, 7) is 4.28. The summed E-state index contributed by atoms with van der Waals surface area (Å²) in [6.07, 6.45) is 4.27. The van der Waals surface area contributed by atoms with Gasteiger partial charge in [0.05, 0.1) is 0 Å². The first-order chi connectivity index (χ1) is 10.7. The largest absolute Gasteiger partial charge is 0.340 e. The van der Waals surface area contributed by atoms with Crippen LogP contribution in [0.3, 0.4) is 0 Å². The highest BCUT2D eigenvalue weighted by Gasteiger charge is 2.19. The van der Waals surface area contributed by atoms with E-state index in [0.717, 1.165) is 37.6 Å². The Balaban J connectivity index is 1.61. The highest BCUT2D eigenvalue weighted by molar-refractivity contribution is 5.76. The van der Waals surface area contributed by atoms with E-state index in [2.05, 4.69) is 21.5 Å². The maximum absolute atomic E-state index is 12.3. The van der Waals surface area contributed by atoms with Crippen LogP contribution < -0.4 is 0 Å². The van der Waals surface area contributed by atoms with Crippen molar-refractivity contribution in [1.29, 1.82) is 0 Å². The van der Waals surface area contributed by atoms with E-state index in [1.54, 1.807) is 6.20 Å². The van der Waals surface area contributed by atoms with Crippen LogP contribution in [0.5, 0.6) is 0 Å². The molecule has 5 nitrogen and oxygen atoms in total. The normalized spacial score (nSPS) is 16.0. The molecule has 2 heterocycles. The van der Waals surface area contributed by atoms with Crippen molar-refractivity contribution in [2.75, 3.05) is 33.2 Å². The number of aryl methyl sites for hydroxylation is 1. The summed E-state index contributed by atoms with van der Waals surface area (Å²) in [6, 6.07) is 10.1. The second kappa shape index (κ2) is 6.75. The zero-order valence-electron chi connectivity index (χ0n) is 13.0. The van der Waals surface area contributed by atoms with E-state index in [9.17, 15) is 4.79 Å². The number of hydrogen-bond donors (Lipinski definition) is 0. The maximum Gasteiger partial charge on any atom is 0.224 e. The van der Waals surface area contributed by atoms with Crippen molar-refractivity contribution in [3.63, 3.8) is 0 Å². The molecule has 0 spiro atoms. The van der Waals surface area contributed by atoms with Crippen molar-refractivity contribution in [2.45, 2.75) is 13.0 Å². The van der Waals surface area contributed by atoms with Crippen LogP contribution in [0.4, 0.5) is 0 Å². The summed E-state index contributed by atoms with van der Waals surface area (Å²) in [7, 11) is 2.10. The second-order valence-electron chi connectivity index (χ2n) is 5.74. The van der Waals surface area contributed by atoms with Crippen molar-refractivity contribution >= 4 is 5.91 Å². The van der Waals surface area contributed by atoms with Gasteiger partial charge in [0.2, 0.25) is 5.91 Å². The first kappa shape index (κ1) is 14.8. The van der Waals surface area contributed by atoms with Gasteiger partial charge in [-0.3, -0.25) is 4.79 Å². The minimum absolute atomic E-state index is 0.237. The van der Waals surface area contributed by atoms with Gasteiger partial charge in [-0.25, -0.2) is 4.98 Å². The molecule has 1 amide bonds. The molecule has 1 fully saturated rings. The van der Waals surface area contributed by atoms with Gasteiger partial charge in [0.1, 0.15) is 5.82 Å². The Bertz CT molecular complexity index is 615. The smallest absolute Gasteiger partial charge is 0.224 e. The van der Waals surface area contributed by atoms with Gasteiger partial charge in [0.15, 0.2) is 0 Å². The number of imidazole rings is 1. The fourth-order valence-corrected chi connectivity index (χ4v) is 2.77. The van der Waals surface area contributed by atoms with Gasteiger partial charge in [-0.05, 0) is 7.05 Å². The fraction of sp³-hybridized carbons (Fsp3) is 0.412. The summed E-state index contributed by atoms with van der Waals surface area (Å²) < 4.78 is 2.06. The minimum atomic E-state index is 0.237. The van der Waals surface area contributed by atoms with Crippen LogP contribution in [0.15, 0.2) is 42.7 Å². The van der Waals surface area contributed by atoms with Crippen LogP contribution in [-0.4, -0.2) is 58.5 Å². The highest BCUT2D eigenvalue weighted by atomic mass is 16.2. The molecule has 1 aromatic carbocycles. The van der Waals surface area contributed by atoms with Gasteiger partial charge >= 0.3 is 0 Å². The topological polar surface area (TPSA) is 41.4 Å². The van der Waals surface area contributed by atoms with Crippen molar-refractivity contribution in [3.05, 3.63) is 42.7 Å². The van der Waals surface area contributed by atoms with E-state index in [4.69, 9.17) is 0 Å². The van der Waals surface area contributed by atoms with Crippen molar-refractivity contribution in [2.24, 2.45) is 0 Å². The number of amides is 1. The lowest BCUT2D eigenvalue weighted by Gasteiger charge is -2.32. The Morgan fingerprint density at radius 3 is 2.59 bits per heavy atom. The molecule has 5 heteroatoms. The second-order valence-corrected chi connectivity index (χ2v) is 5.74. The zero-order chi connectivity index (χ0) is 15.4. The van der Waals surface area contributed by atoms with E-state index < -0.39 is 0 Å². The molecule has 1 aliphatic heterocycles. The number of carbonyl (C=O) groups excluding carboxylic acids is 1. The Labute approximate surface area is 131 Å². The fourth-order valence-electron chi connectivity index (χ4n) is 2.77. The van der Waals surface area contributed by atoms with Crippen molar-refractivity contribution < 1.29 is 4.79 Å². The molecule has 116 valence electrons. The van der Waals surface area contributed by atoms with Crippen LogP contribution in [-0.2, 0) is 11.3 Å². The third kappa shape index (κ3) is 3.36. The number of hydrogen-bond acceptors (Lipinski definition) is 3. The Morgan fingerprint density at radius 1 is 1.14 bits per heavy atom. The van der Waals surface area contributed by atoms with Gasteiger partial charge in [0.25, 0.3) is 0 Å². The Kier molecular flexibility index (Phi) is 4.53. The lowest BCUT2D eigenvalue weighted by molar-refractivity contribution is -0.133. The zero-order valence-corrected chi connectivity index (χ0v) is 13.0. The average molecular weight is 298 g/mol. The third-order valence-electron chi connectivity index (χ3n) is 4.17. The molecule has 0 atom stereocenters. The first-order valence-corrected chi connectivity index (χ1v) is 7.77. The van der Waals surface area contributed by atoms with Gasteiger partial charge in [-0.1, -0.05) is 30.3 Å². The van der Waals surface area contributed by atoms with Gasteiger partial charge < -0.3 is 14.4 Å². The van der Waals surface area contributed by atoms with Gasteiger partial charge in [-0.2, -0.15) is 0 Å². The summed E-state index contributed by atoms with van der Waals surface area (Å²) in [5.74, 6) is 1.16. The summed E-state index contributed by atoms with van der Waals surface area (Å²) in [4.78, 5) is 21.0. The van der Waals surface area contributed by atoms with Gasteiger partial charge in [0, 0.05) is 57.1 Å². The van der Waals surface area contributed by atoms with E-state index >= 15 is 0 Å². The van der Waals surface area contributed by atoms with Gasteiger partial charge in [-0.15, -0.1) is 0 Å². The first-order valence-electron chi connectivity index (χ1n) is 7.77. The molecule has 0 saturated carbocycles. The number of likely N-dealkylation sites (N-methyl/N-ethyl adjacent to an activating group) is 1. The molecule has 1 aromatic heterocycles. The summed E-state index contributed by atoms with van der Waals surface area (Å²) in [5.41, 5.74) is 1.08. The van der Waals surface area contributed by atoms with E-state index in [-0.39, 0.29) is 5.91 Å². The maximum atomic E-state index is 12.3. The number of piperazine rings is 1. The number of carbonyl (C=O) groups is 1. The summed E-state index contributed by atoms with van der Waals surface area (Å²) in [5, 5.41) is 0. The molecule has 1 aliphatic rings. The monoisotopic (exact) mass is 298 g/mol. The molecular weight excluding hydrogens is 276 g/mol. The van der Waals surface area contributed by atoms with E-state index in [1.807, 2.05) is 41.4 Å². The Morgan fingerprint density at radius 2 is 1.86 bits per heavy atom.